The summed E-state index contributed by atoms with van der Waals surface area (Å²) >= 11 is 0. The van der Waals surface area contributed by atoms with E-state index in [1.807, 2.05) is 24.3 Å². The molecule has 2 fully saturated rings. The Morgan fingerprint density at radius 1 is 0.450 bits per heavy atom. The number of benzene rings is 3. The summed E-state index contributed by atoms with van der Waals surface area (Å²) in [6, 6.07) is 28.5. The molecule has 0 N–H and O–H groups in total. The van der Waals surface area contributed by atoms with Gasteiger partial charge in [0.2, 0.25) is 0 Å². The molecule has 0 unspecified atom stereocenters. The van der Waals surface area contributed by atoms with Crippen LogP contribution in [0.2, 0.25) is 0 Å². The van der Waals surface area contributed by atoms with Gasteiger partial charge in [-0.15, -0.1) is 0 Å². The van der Waals surface area contributed by atoms with Gasteiger partial charge in [0, 0.05) is 103 Å². The first kappa shape index (κ1) is 28.4. The smallest absolute Gasteiger partial charge is 0.164 e. The molecule has 5 rings (SSSR count). The average molecular weight is 539 g/mol. The maximum absolute atomic E-state index is 12.8. The van der Waals surface area contributed by atoms with E-state index in [2.05, 4.69) is 80.3 Å². The zero-order valence-corrected chi connectivity index (χ0v) is 23.6. The Balaban J connectivity index is 0.981. The van der Waals surface area contributed by atoms with E-state index in [-0.39, 0.29) is 11.6 Å². The number of Topliss-reactive ketones (excluding diaryl/α,β-unsaturated/α-hetero) is 2. The molecule has 0 saturated carbocycles. The highest BCUT2D eigenvalue weighted by Crippen LogP contribution is 2.14. The lowest BCUT2D eigenvalue weighted by molar-refractivity contribution is 0.0912. The molecule has 2 aliphatic heterocycles. The molecule has 6 nitrogen and oxygen atoms in total. The molecule has 0 aromatic heterocycles. The van der Waals surface area contributed by atoms with Gasteiger partial charge in [0.25, 0.3) is 0 Å². The molecule has 0 atom stereocenters. The largest absolute Gasteiger partial charge is 0.300 e. The van der Waals surface area contributed by atoms with Crippen molar-refractivity contribution in [1.29, 1.82) is 0 Å². The van der Waals surface area contributed by atoms with Gasteiger partial charge in [-0.05, 0) is 11.1 Å². The Morgan fingerprint density at radius 2 is 0.775 bits per heavy atom. The van der Waals surface area contributed by atoms with E-state index in [0.29, 0.717) is 24.0 Å². The third-order valence-corrected chi connectivity index (χ3v) is 8.27. The van der Waals surface area contributed by atoms with E-state index >= 15 is 0 Å². The normalized spacial score (nSPS) is 17.6. The average Bonchev–Trinajstić information content (AvgIpc) is 3.01. The quantitative estimate of drug-likeness (QED) is 0.317. The van der Waals surface area contributed by atoms with Gasteiger partial charge < -0.3 is 9.80 Å². The van der Waals surface area contributed by atoms with Crippen molar-refractivity contribution in [3.63, 3.8) is 0 Å². The molecule has 3 aromatic carbocycles. The molecule has 0 aliphatic carbocycles. The van der Waals surface area contributed by atoms with E-state index in [1.165, 1.54) is 11.1 Å². The number of hydrogen-bond acceptors (Lipinski definition) is 6. The van der Waals surface area contributed by atoms with Crippen molar-refractivity contribution in [3.8, 4) is 0 Å². The lowest BCUT2D eigenvalue weighted by Crippen LogP contribution is -2.46. The Hall–Kier alpha value is -3.16. The fourth-order valence-corrected chi connectivity index (χ4v) is 5.68. The summed E-state index contributed by atoms with van der Waals surface area (Å²) in [4.78, 5) is 35.4. The summed E-state index contributed by atoms with van der Waals surface area (Å²) in [6.07, 6.45) is 1.03. The van der Waals surface area contributed by atoms with Gasteiger partial charge in [-0.1, -0.05) is 84.9 Å². The van der Waals surface area contributed by atoms with Gasteiger partial charge in [0.05, 0.1) is 0 Å². The number of hydrogen-bond donors (Lipinski definition) is 0. The first-order valence-corrected chi connectivity index (χ1v) is 14.8. The lowest BCUT2D eigenvalue weighted by atomic mass is 10.0. The standard InChI is InChI=1S/C34H42N4O2/c39-33(15-17-35-19-23-37(24-20-35)27-29-7-3-1-4-8-29)31-11-13-32(14-12-31)34(40)16-18-36-21-25-38(26-22-36)28-30-9-5-2-6-10-30/h1-14H,15-28H2. The molecule has 0 bridgehead atoms. The van der Waals surface area contributed by atoms with Crippen molar-refractivity contribution in [2.24, 2.45) is 0 Å². The minimum Gasteiger partial charge on any atom is -0.300 e. The molecular weight excluding hydrogens is 496 g/mol. The minimum absolute atomic E-state index is 0.152. The predicted molar refractivity (Wildman–Crippen MR) is 161 cm³/mol. The number of carbonyl (C=O) groups excluding carboxylic acids is 2. The van der Waals surface area contributed by atoms with Crippen LogP contribution < -0.4 is 0 Å². The van der Waals surface area contributed by atoms with Crippen molar-refractivity contribution in [2.45, 2.75) is 25.9 Å². The number of rotatable bonds is 12. The van der Waals surface area contributed by atoms with Crippen LogP contribution >= 0.6 is 0 Å². The fourth-order valence-electron chi connectivity index (χ4n) is 5.68. The highest BCUT2D eigenvalue weighted by Gasteiger charge is 2.20. The zero-order valence-electron chi connectivity index (χ0n) is 23.6. The maximum Gasteiger partial charge on any atom is 0.164 e. The zero-order chi connectivity index (χ0) is 27.6. The van der Waals surface area contributed by atoms with Gasteiger partial charge in [-0.2, -0.15) is 0 Å². The summed E-state index contributed by atoms with van der Waals surface area (Å²) in [5.74, 6) is 0.304. The van der Waals surface area contributed by atoms with E-state index in [4.69, 9.17) is 0 Å². The molecule has 0 amide bonds. The molecule has 0 spiro atoms. The topological polar surface area (TPSA) is 47.1 Å². The van der Waals surface area contributed by atoms with Crippen LogP contribution in [0, 0.1) is 0 Å². The molecule has 2 aliphatic rings. The SMILES string of the molecule is O=C(CCN1CCN(Cc2ccccc2)CC1)c1ccc(C(=O)CCN2CCN(Cc3ccccc3)CC2)cc1. The molecule has 210 valence electrons. The summed E-state index contributed by atoms with van der Waals surface area (Å²) in [5, 5.41) is 0. The second-order valence-corrected chi connectivity index (χ2v) is 11.1. The highest BCUT2D eigenvalue weighted by molar-refractivity contribution is 5.99. The molecule has 40 heavy (non-hydrogen) atoms. The van der Waals surface area contributed by atoms with Gasteiger partial charge in [0.15, 0.2) is 11.6 Å². The van der Waals surface area contributed by atoms with Crippen LogP contribution in [-0.4, -0.2) is 96.6 Å². The van der Waals surface area contributed by atoms with Gasteiger partial charge in [-0.3, -0.25) is 19.4 Å². The van der Waals surface area contributed by atoms with Crippen molar-refractivity contribution in [2.75, 3.05) is 65.4 Å². The fraction of sp³-hybridized carbons (Fsp3) is 0.412. The van der Waals surface area contributed by atoms with Crippen LogP contribution in [0.5, 0.6) is 0 Å². The summed E-state index contributed by atoms with van der Waals surface area (Å²) < 4.78 is 0. The van der Waals surface area contributed by atoms with Crippen molar-refractivity contribution < 1.29 is 9.59 Å². The number of carbonyl (C=O) groups is 2. The molecule has 6 heteroatoms. The Morgan fingerprint density at radius 3 is 1.12 bits per heavy atom. The Labute approximate surface area is 239 Å². The first-order chi connectivity index (χ1) is 19.6. The van der Waals surface area contributed by atoms with Crippen molar-refractivity contribution in [1.82, 2.24) is 19.6 Å². The van der Waals surface area contributed by atoms with Crippen LogP contribution in [0.1, 0.15) is 44.7 Å². The van der Waals surface area contributed by atoms with Crippen LogP contribution in [0.25, 0.3) is 0 Å². The van der Waals surface area contributed by atoms with Gasteiger partial charge in [-0.25, -0.2) is 0 Å². The molecule has 2 heterocycles. The molecule has 2 saturated heterocycles. The summed E-state index contributed by atoms with van der Waals surface area (Å²) in [7, 11) is 0. The highest BCUT2D eigenvalue weighted by atomic mass is 16.1. The van der Waals surface area contributed by atoms with E-state index < -0.39 is 0 Å². The van der Waals surface area contributed by atoms with Gasteiger partial charge in [0.1, 0.15) is 0 Å². The van der Waals surface area contributed by atoms with Crippen molar-refractivity contribution >= 4 is 11.6 Å². The molecule has 3 aromatic rings. The molecule has 0 radical (unpaired) electrons. The van der Waals surface area contributed by atoms with E-state index in [1.54, 1.807) is 0 Å². The summed E-state index contributed by atoms with van der Waals surface area (Å²) in [5.41, 5.74) is 4.11. The molecular formula is C34H42N4O2. The number of piperazine rings is 2. The lowest BCUT2D eigenvalue weighted by Gasteiger charge is -2.34. The Kier molecular flexibility index (Phi) is 10.3. The minimum atomic E-state index is 0.152. The number of ketones is 2. The van der Waals surface area contributed by atoms with E-state index in [0.717, 1.165) is 78.5 Å². The van der Waals surface area contributed by atoms with Crippen molar-refractivity contribution in [3.05, 3.63) is 107 Å². The van der Waals surface area contributed by atoms with Crippen LogP contribution in [0.4, 0.5) is 0 Å². The van der Waals surface area contributed by atoms with E-state index in [9.17, 15) is 9.59 Å². The maximum atomic E-state index is 12.8. The first-order valence-electron chi connectivity index (χ1n) is 14.8. The Bertz CT molecular complexity index is 1100. The second-order valence-electron chi connectivity index (χ2n) is 11.1. The van der Waals surface area contributed by atoms with Crippen LogP contribution in [0.15, 0.2) is 84.9 Å². The third-order valence-electron chi connectivity index (χ3n) is 8.27. The third kappa shape index (κ3) is 8.42. The van der Waals surface area contributed by atoms with Gasteiger partial charge >= 0.3 is 0 Å². The number of nitrogens with zero attached hydrogens (tertiary/aromatic N) is 4. The summed E-state index contributed by atoms with van der Waals surface area (Å²) in [6.45, 7) is 11.7. The monoisotopic (exact) mass is 538 g/mol. The van der Waals surface area contributed by atoms with Crippen LogP contribution in [-0.2, 0) is 13.1 Å². The second kappa shape index (κ2) is 14.5. The predicted octanol–water partition coefficient (Wildman–Crippen LogP) is 4.47. The van der Waals surface area contributed by atoms with Crippen LogP contribution in [0.3, 0.4) is 0 Å².